The number of hydrogen-bond donors (Lipinski definition) is 1. The van der Waals surface area contributed by atoms with Crippen LogP contribution in [0.15, 0.2) is 46.0 Å². The van der Waals surface area contributed by atoms with Crippen molar-refractivity contribution >= 4 is 22.7 Å². The van der Waals surface area contributed by atoms with Gasteiger partial charge in [-0.3, -0.25) is 23.5 Å². The van der Waals surface area contributed by atoms with Gasteiger partial charge in [-0.05, 0) is 49.9 Å². The highest BCUT2D eigenvalue weighted by Gasteiger charge is 2.21. The van der Waals surface area contributed by atoms with E-state index >= 15 is 0 Å². The first-order chi connectivity index (χ1) is 18.3. The summed E-state index contributed by atoms with van der Waals surface area (Å²) in [4.78, 5) is 54.4. The predicted octanol–water partition coefficient (Wildman–Crippen LogP) is 2.38. The lowest BCUT2D eigenvalue weighted by Crippen LogP contribution is -2.44. The zero-order chi connectivity index (χ0) is 27.4. The molecule has 1 aliphatic heterocycles. The summed E-state index contributed by atoms with van der Waals surface area (Å²) in [5.41, 5.74) is 0.392. The summed E-state index contributed by atoms with van der Waals surface area (Å²) in [6, 6.07) is 9.92. The van der Waals surface area contributed by atoms with Crippen LogP contribution >= 0.6 is 0 Å². The molecule has 10 heteroatoms. The number of carbonyl (C=O) groups is 2. The Morgan fingerprint density at radius 1 is 0.974 bits per heavy atom. The zero-order valence-electron chi connectivity index (χ0n) is 22.3. The molecule has 0 radical (unpaired) electrons. The van der Waals surface area contributed by atoms with Crippen molar-refractivity contribution in [3.63, 3.8) is 0 Å². The Balaban J connectivity index is 1.76. The van der Waals surface area contributed by atoms with Crippen LogP contribution in [0.3, 0.4) is 0 Å². The molecule has 1 aliphatic rings. The van der Waals surface area contributed by atoms with Crippen LogP contribution < -0.4 is 26.0 Å². The molecular weight excluding hydrogens is 488 g/mol. The lowest BCUT2D eigenvalue weighted by Gasteiger charge is -2.18. The summed E-state index contributed by atoms with van der Waals surface area (Å²) >= 11 is 0. The number of fused-ring (bicyclic) bond motifs is 1. The molecule has 38 heavy (non-hydrogen) atoms. The Kier molecular flexibility index (Phi) is 8.19. The third-order valence-corrected chi connectivity index (χ3v) is 6.99. The van der Waals surface area contributed by atoms with Gasteiger partial charge in [0.15, 0.2) is 11.5 Å². The molecule has 0 aliphatic carbocycles. The minimum atomic E-state index is -0.619. The monoisotopic (exact) mass is 522 g/mol. The fourth-order valence-corrected chi connectivity index (χ4v) is 4.64. The van der Waals surface area contributed by atoms with E-state index in [0.29, 0.717) is 22.6 Å². The number of amides is 2. The van der Waals surface area contributed by atoms with Gasteiger partial charge in [0.1, 0.15) is 6.54 Å². The van der Waals surface area contributed by atoms with Crippen LogP contribution in [0.25, 0.3) is 10.9 Å². The highest BCUT2D eigenvalue weighted by molar-refractivity contribution is 5.94. The quantitative estimate of drug-likeness (QED) is 0.462. The fourth-order valence-electron chi connectivity index (χ4n) is 4.64. The number of carbonyl (C=O) groups excluding carboxylic acids is 2. The molecular formula is C28H34N4O6. The molecule has 4 rings (SSSR count). The summed E-state index contributed by atoms with van der Waals surface area (Å²) < 4.78 is 13.1. The van der Waals surface area contributed by atoms with E-state index in [2.05, 4.69) is 5.32 Å². The number of rotatable bonds is 9. The standard InChI is InChI=1S/C28H34N4O6/c1-5-18(2)29-25(33)17-31-22-15-24(38-4)23(37-3)14-21(22)27(35)32(28(31)36)16-19-8-10-20(11-9-19)26(34)30-12-6-7-13-30/h8-11,14-15,18H,5-7,12-13,16-17H2,1-4H3,(H,29,33)/t18-/m1/s1. The summed E-state index contributed by atoms with van der Waals surface area (Å²) in [7, 11) is 2.92. The average Bonchev–Trinajstić information content (AvgIpc) is 3.47. The summed E-state index contributed by atoms with van der Waals surface area (Å²) in [6.07, 6.45) is 2.75. The van der Waals surface area contributed by atoms with Crippen molar-refractivity contribution in [3.05, 3.63) is 68.4 Å². The Labute approximate surface area is 220 Å². The van der Waals surface area contributed by atoms with Gasteiger partial charge in [0.05, 0.1) is 31.7 Å². The number of nitrogens with one attached hydrogen (secondary N) is 1. The van der Waals surface area contributed by atoms with Crippen LogP contribution in [-0.2, 0) is 17.9 Å². The number of ether oxygens (including phenoxy) is 2. The second-order valence-electron chi connectivity index (χ2n) is 9.56. The molecule has 2 aromatic carbocycles. The molecule has 202 valence electrons. The van der Waals surface area contributed by atoms with Crippen molar-refractivity contribution < 1.29 is 19.1 Å². The normalized spacial score (nSPS) is 13.9. The van der Waals surface area contributed by atoms with E-state index in [1.54, 1.807) is 24.3 Å². The van der Waals surface area contributed by atoms with Gasteiger partial charge in [-0.1, -0.05) is 19.1 Å². The smallest absolute Gasteiger partial charge is 0.332 e. The molecule has 3 aromatic rings. The van der Waals surface area contributed by atoms with Crippen molar-refractivity contribution in [1.29, 1.82) is 0 Å². The topological polar surface area (TPSA) is 112 Å². The third-order valence-electron chi connectivity index (χ3n) is 6.99. The van der Waals surface area contributed by atoms with Crippen LogP contribution in [-0.4, -0.2) is 59.2 Å². The van der Waals surface area contributed by atoms with Gasteiger partial charge in [-0.25, -0.2) is 4.79 Å². The maximum absolute atomic E-state index is 13.6. The van der Waals surface area contributed by atoms with Crippen molar-refractivity contribution in [2.75, 3.05) is 27.3 Å². The molecule has 2 heterocycles. The van der Waals surface area contributed by atoms with Crippen molar-refractivity contribution in [2.24, 2.45) is 0 Å². The Bertz CT molecular complexity index is 1450. The van der Waals surface area contributed by atoms with Crippen molar-refractivity contribution in [3.8, 4) is 11.5 Å². The molecule has 1 fully saturated rings. The van der Waals surface area contributed by atoms with Gasteiger partial charge < -0.3 is 19.7 Å². The van der Waals surface area contributed by atoms with Gasteiger partial charge in [0.25, 0.3) is 11.5 Å². The fraction of sp³-hybridized carbons (Fsp3) is 0.429. The van der Waals surface area contributed by atoms with Gasteiger partial charge in [0, 0.05) is 30.8 Å². The van der Waals surface area contributed by atoms with Crippen LogP contribution in [0.2, 0.25) is 0 Å². The number of likely N-dealkylation sites (tertiary alicyclic amines) is 1. The minimum Gasteiger partial charge on any atom is -0.493 e. The lowest BCUT2D eigenvalue weighted by molar-refractivity contribution is -0.122. The summed E-state index contributed by atoms with van der Waals surface area (Å²) in [6.45, 7) is 5.06. The molecule has 0 bridgehead atoms. The number of nitrogens with zero attached hydrogens (tertiary/aromatic N) is 3. The molecule has 1 N–H and O–H groups in total. The molecule has 0 unspecified atom stereocenters. The summed E-state index contributed by atoms with van der Waals surface area (Å²) in [5.74, 6) is 0.314. The maximum atomic E-state index is 13.6. The van der Waals surface area contributed by atoms with Crippen LogP contribution in [0.5, 0.6) is 11.5 Å². The number of methoxy groups -OCH3 is 2. The zero-order valence-corrected chi connectivity index (χ0v) is 22.3. The van der Waals surface area contributed by atoms with E-state index < -0.39 is 11.2 Å². The first kappa shape index (κ1) is 27.0. The second kappa shape index (κ2) is 11.5. The Morgan fingerprint density at radius 2 is 1.61 bits per heavy atom. The van der Waals surface area contributed by atoms with Crippen LogP contribution in [0.1, 0.15) is 49.0 Å². The maximum Gasteiger partial charge on any atom is 0.332 e. The van der Waals surface area contributed by atoms with Crippen molar-refractivity contribution in [2.45, 2.75) is 52.2 Å². The minimum absolute atomic E-state index is 0.0207. The predicted molar refractivity (Wildman–Crippen MR) is 144 cm³/mol. The number of hydrogen-bond acceptors (Lipinski definition) is 6. The van der Waals surface area contributed by atoms with Gasteiger partial charge in [-0.2, -0.15) is 0 Å². The largest absolute Gasteiger partial charge is 0.493 e. The van der Waals surface area contributed by atoms with Gasteiger partial charge in [0.2, 0.25) is 5.91 Å². The molecule has 10 nitrogen and oxygen atoms in total. The van der Waals surface area contributed by atoms with Crippen molar-refractivity contribution in [1.82, 2.24) is 19.4 Å². The lowest BCUT2D eigenvalue weighted by atomic mass is 10.1. The van der Waals surface area contributed by atoms with E-state index in [-0.39, 0.29) is 41.8 Å². The van der Waals surface area contributed by atoms with Crippen LogP contribution in [0, 0.1) is 0 Å². The average molecular weight is 523 g/mol. The highest BCUT2D eigenvalue weighted by Crippen LogP contribution is 2.30. The van der Waals surface area contributed by atoms with E-state index in [1.807, 2.05) is 18.7 Å². The van der Waals surface area contributed by atoms with Crippen LogP contribution in [0.4, 0.5) is 0 Å². The highest BCUT2D eigenvalue weighted by atomic mass is 16.5. The molecule has 1 atom stereocenters. The number of benzene rings is 2. The van der Waals surface area contributed by atoms with E-state index in [4.69, 9.17) is 9.47 Å². The molecule has 0 saturated carbocycles. The summed E-state index contributed by atoms with van der Waals surface area (Å²) in [5, 5.41) is 3.09. The molecule has 1 saturated heterocycles. The Hall–Kier alpha value is -4.08. The van der Waals surface area contributed by atoms with Gasteiger partial charge >= 0.3 is 5.69 Å². The molecule has 1 aromatic heterocycles. The SMILES string of the molecule is CC[C@@H](C)NC(=O)Cn1c(=O)n(Cc2ccc(C(=O)N3CCCC3)cc2)c(=O)c2cc(OC)c(OC)cc21. The molecule has 2 amide bonds. The van der Waals surface area contributed by atoms with E-state index in [9.17, 15) is 19.2 Å². The first-order valence-electron chi connectivity index (χ1n) is 12.8. The third kappa shape index (κ3) is 5.44. The number of aromatic nitrogens is 2. The second-order valence-corrected chi connectivity index (χ2v) is 9.56. The Morgan fingerprint density at radius 3 is 2.21 bits per heavy atom. The first-order valence-corrected chi connectivity index (χ1v) is 12.8. The van der Waals surface area contributed by atoms with E-state index in [0.717, 1.165) is 36.9 Å². The van der Waals surface area contributed by atoms with Gasteiger partial charge in [-0.15, -0.1) is 0 Å². The van der Waals surface area contributed by atoms with E-state index in [1.165, 1.54) is 30.9 Å². The molecule has 0 spiro atoms.